The zero-order chi connectivity index (χ0) is 10.0. The van der Waals surface area contributed by atoms with Crippen molar-refractivity contribution in [2.45, 2.75) is 13.8 Å². The first-order chi connectivity index (χ1) is 6.07. The van der Waals surface area contributed by atoms with E-state index in [0.29, 0.717) is 11.1 Å². The van der Waals surface area contributed by atoms with E-state index in [1.54, 1.807) is 6.92 Å². The molecule has 0 radical (unpaired) electrons. The summed E-state index contributed by atoms with van der Waals surface area (Å²) in [7, 11) is 1.38. The van der Waals surface area contributed by atoms with Gasteiger partial charge in [0.2, 0.25) is 0 Å². The highest BCUT2D eigenvalue weighted by molar-refractivity contribution is 5.96. The number of hydrogen-bond donors (Lipinski definition) is 0. The van der Waals surface area contributed by atoms with Gasteiger partial charge < -0.3 is 4.74 Å². The lowest BCUT2D eigenvalue weighted by Gasteiger charge is -2.08. The molecule has 0 unspecified atom stereocenters. The minimum atomic E-state index is -0.440. The highest BCUT2D eigenvalue weighted by Crippen LogP contribution is 2.25. The van der Waals surface area contributed by atoms with E-state index in [1.165, 1.54) is 26.2 Å². The molecule has 0 N–H and O–H groups in total. The number of ether oxygens (including phenoxy) is 1. The summed E-state index contributed by atoms with van der Waals surface area (Å²) in [6, 6.07) is 2.71. The highest BCUT2D eigenvalue weighted by Gasteiger charge is 2.12. The molecule has 0 heterocycles. The van der Waals surface area contributed by atoms with Crippen LogP contribution in [-0.2, 0) is 0 Å². The van der Waals surface area contributed by atoms with E-state index in [4.69, 9.17) is 4.74 Å². The maximum absolute atomic E-state index is 13.1. The molecule has 0 aromatic heterocycles. The third kappa shape index (κ3) is 1.69. The Labute approximate surface area is 76.3 Å². The molecule has 0 saturated heterocycles. The van der Waals surface area contributed by atoms with Crippen LogP contribution in [0, 0.1) is 12.7 Å². The van der Waals surface area contributed by atoms with Crippen LogP contribution in [0.25, 0.3) is 0 Å². The monoisotopic (exact) mass is 182 g/mol. The van der Waals surface area contributed by atoms with E-state index in [9.17, 15) is 9.18 Å². The van der Waals surface area contributed by atoms with E-state index in [1.807, 2.05) is 0 Å². The molecular formula is C10H11FO2. The fourth-order valence-corrected chi connectivity index (χ4v) is 1.29. The summed E-state index contributed by atoms with van der Waals surface area (Å²) in [5.41, 5.74) is 1.05. The van der Waals surface area contributed by atoms with Crippen molar-refractivity contribution in [3.8, 4) is 5.75 Å². The van der Waals surface area contributed by atoms with E-state index in [-0.39, 0.29) is 11.5 Å². The first kappa shape index (κ1) is 9.71. The van der Waals surface area contributed by atoms with Crippen LogP contribution in [0.5, 0.6) is 5.75 Å². The molecule has 0 aliphatic carbocycles. The molecule has 1 aromatic rings. The molecule has 0 aliphatic rings. The number of Topliss-reactive ketones (excluding diaryl/α,β-unsaturated/α-hetero) is 1. The van der Waals surface area contributed by atoms with Crippen LogP contribution in [0.3, 0.4) is 0 Å². The Kier molecular flexibility index (Phi) is 2.66. The Morgan fingerprint density at radius 2 is 2.08 bits per heavy atom. The van der Waals surface area contributed by atoms with Gasteiger partial charge in [-0.3, -0.25) is 4.79 Å². The van der Waals surface area contributed by atoms with Crippen LogP contribution in [0.15, 0.2) is 12.1 Å². The fourth-order valence-electron chi connectivity index (χ4n) is 1.29. The molecule has 70 valence electrons. The van der Waals surface area contributed by atoms with Gasteiger partial charge in [0.1, 0.15) is 0 Å². The van der Waals surface area contributed by atoms with Crippen LogP contribution in [0.1, 0.15) is 22.8 Å². The topological polar surface area (TPSA) is 26.3 Å². The number of halogens is 1. The summed E-state index contributed by atoms with van der Waals surface area (Å²) < 4.78 is 17.9. The molecule has 0 spiro atoms. The highest BCUT2D eigenvalue weighted by atomic mass is 19.1. The van der Waals surface area contributed by atoms with Gasteiger partial charge in [-0.2, -0.15) is 0 Å². The van der Waals surface area contributed by atoms with Crippen molar-refractivity contribution >= 4 is 5.78 Å². The SMILES string of the molecule is COc1c(F)ccc(C(C)=O)c1C. The van der Waals surface area contributed by atoms with E-state index in [2.05, 4.69) is 0 Å². The summed E-state index contributed by atoms with van der Waals surface area (Å²) in [6.07, 6.45) is 0. The van der Waals surface area contributed by atoms with E-state index < -0.39 is 5.82 Å². The molecule has 2 nitrogen and oxygen atoms in total. The van der Waals surface area contributed by atoms with Crippen molar-refractivity contribution in [1.29, 1.82) is 0 Å². The predicted octanol–water partition coefficient (Wildman–Crippen LogP) is 2.35. The van der Waals surface area contributed by atoms with Gasteiger partial charge in [0.05, 0.1) is 7.11 Å². The van der Waals surface area contributed by atoms with Gasteiger partial charge in [-0.15, -0.1) is 0 Å². The van der Waals surface area contributed by atoms with Crippen molar-refractivity contribution in [1.82, 2.24) is 0 Å². The Hall–Kier alpha value is -1.38. The quantitative estimate of drug-likeness (QED) is 0.656. The molecule has 1 rings (SSSR count). The van der Waals surface area contributed by atoms with Gasteiger partial charge in [-0.25, -0.2) is 4.39 Å². The van der Waals surface area contributed by atoms with Gasteiger partial charge in [0, 0.05) is 11.1 Å². The maximum atomic E-state index is 13.1. The van der Waals surface area contributed by atoms with E-state index >= 15 is 0 Å². The smallest absolute Gasteiger partial charge is 0.165 e. The zero-order valence-electron chi connectivity index (χ0n) is 7.85. The number of benzene rings is 1. The fraction of sp³-hybridized carbons (Fsp3) is 0.300. The van der Waals surface area contributed by atoms with Crippen LogP contribution in [0.4, 0.5) is 4.39 Å². The van der Waals surface area contributed by atoms with Gasteiger partial charge in [-0.1, -0.05) is 0 Å². The first-order valence-corrected chi connectivity index (χ1v) is 3.92. The molecule has 1 aromatic carbocycles. The largest absolute Gasteiger partial charge is 0.493 e. The minimum Gasteiger partial charge on any atom is -0.493 e. The summed E-state index contributed by atoms with van der Waals surface area (Å²) in [5.74, 6) is -0.381. The third-order valence-electron chi connectivity index (χ3n) is 1.94. The molecule has 0 amide bonds. The first-order valence-electron chi connectivity index (χ1n) is 3.92. The van der Waals surface area contributed by atoms with Crippen molar-refractivity contribution in [2.24, 2.45) is 0 Å². The second-order valence-corrected chi connectivity index (χ2v) is 2.81. The second kappa shape index (κ2) is 3.56. The summed E-state index contributed by atoms with van der Waals surface area (Å²) >= 11 is 0. The molecular weight excluding hydrogens is 171 g/mol. The Morgan fingerprint density at radius 1 is 1.46 bits per heavy atom. The number of carbonyl (C=O) groups excluding carboxylic acids is 1. The van der Waals surface area contributed by atoms with Gasteiger partial charge in [0.15, 0.2) is 17.3 Å². The maximum Gasteiger partial charge on any atom is 0.165 e. The van der Waals surface area contributed by atoms with Gasteiger partial charge in [-0.05, 0) is 26.0 Å². The number of carbonyl (C=O) groups is 1. The molecule has 13 heavy (non-hydrogen) atoms. The summed E-state index contributed by atoms with van der Waals surface area (Å²) in [5, 5.41) is 0. The molecule has 0 atom stereocenters. The summed E-state index contributed by atoms with van der Waals surface area (Å²) in [4.78, 5) is 11.1. The van der Waals surface area contributed by atoms with Crippen LogP contribution < -0.4 is 4.74 Å². The molecule has 3 heteroatoms. The molecule has 0 aliphatic heterocycles. The molecule has 0 bridgehead atoms. The van der Waals surface area contributed by atoms with E-state index in [0.717, 1.165) is 0 Å². The zero-order valence-corrected chi connectivity index (χ0v) is 7.85. The predicted molar refractivity (Wildman–Crippen MR) is 47.7 cm³/mol. The lowest BCUT2D eigenvalue weighted by molar-refractivity contribution is 0.101. The number of rotatable bonds is 2. The minimum absolute atomic E-state index is 0.0872. The van der Waals surface area contributed by atoms with Gasteiger partial charge in [0.25, 0.3) is 0 Å². The average molecular weight is 182 g/mol. The third-order valence-corrected chi connectivity index (χ3v) is 1.94. The lowest BCUT2D eigenvalue weighted by atomic mass is 10.0. The van der Waals surface area contributed by atoms with Crippen LogP contribution >= 0.6 is 0 Å². The molecule has 0 fully saturated rings. The number of ketones is 1. The van der Waals surface area contributed by atoms with Crippen molar-refractivity contribution < 1.29 is 13.9 Å². The number of methoxy groups -OCH3 is 1. The lowest BCUT2D eigenvalue weighted by Crippen LogP contribution is -2.00. The molecule has 0 saturated carbocycles. The number of hydrogen-bond acceptors (Lipinski definition) is 2. The van der Waals surface area contributed by atoms with Crippen molar-refractivity contribution in [3.63, 3.8) is 0 Å². The average Bonchev–Trinajstić information content (AvgIpc) is 2.04. The summed E-state index contributed by atoms with van der Waals surface area (Å²) in [6.45, 7) is 3.11. The Morgan fingerprint density at radius 3 is 2.54 bits per heavy atom. The Bertz CT molecular complexity index is 345. The van der Waals surface area contributed by atoms with Crippen LogP contribution in [-0.4, -0.2) is 12.9 Å². The Balaban J connectivity index is 3.35. The van der Waals surface area contributed by atoms with Gasteiger partial charge >= 0.3 is 0 Å². The van der Waals surface area contributed by atoms with Crippen molar-refractivity contribution in [2.75, 3.05) is 7.11 Å². The standard InChI is InChI=1S/C10H11FO2/c1-6-8(7(2)12)4-5-9(11)10(6)13-3/h4-5H,1-3H3. The van der Waals surface area contributed by atoms with Crippen molar-refractivity contribution in [3.05, 3.63) is 29.1 Å². The van der Waals surface area contributed by atoms with Crippen LogP contribution in [0.2, 0.25) is 0 Å². The normalized spacial score (nSPS) is 9.85. The second-order valence-electron chi connectivity index (χ2n) is 2.81.